The molecule has 5 rings (SSSR count). The highest BCUT2D eigenvalue weighted by molar-refractivity contribution is 9.10. The maximum atomic E-state index is 5.53. The monoisotopic (exact) mass is 573 g/mol. The SMILES string of the molecule is Cc1cc(-c2sccc2Br)nc(Nc2ccccc2NC(=S)Nc2ccc(-c3ccccc3)nn2)n1. The minimum atomic E-state index is 0.388. The van der Waals surface area contributed by atoms with E-state index >= 15 is 0 Å². The molecule has 0 bridgehead atoms. The van der Waals surface area contributed by atoms with Crippen LogP contribution in [0.15, 0.2) is 88.7 Å². The van der Waals surface area contributed by atoms with Crippen LogP contribution in [-0.2, 0) is 0 Å². The van der Waals surface area contributed by atoms with Gasteiger partial charge >= 0.3 is 0 Å². The molecule has 0 saturated heterocycles. The Morgan fingerprint density at radius 1 is 0.833 bits per heavy atom. The Kier molecular flexibility index (Phi) is 7.26. The molecule has 0 saturated carbocycles. The number of anilines is 4. The summed E-state index contributed by atoms with van der Waals surface area (Å²) in [6.07, 6.45) is 0. The maximum Gasteiger partial charge on any atom is 0.228 e. The number of nitrogens with one attached hydrogen (secondary N) is 3. The summed E-state index contributed by atoms with van der Waals surface area (Å²) in [4.78, 5) is 10.3. The number of rotatable bonds is 6. The number of hydrogen-bond donors (Lipinski definition) is 3. The molecule has 0 radical (unpaired) electrons. The molecule has 10 heteroatoms. The molecule has 3 aromatic heterocycles. The fourth-order valence-corrected chi connectivity index (χ4v) is 5.22. The van der Waals surface area contributed by atoms with E-state index in [9.17, 15) is 0 Å². The Morgan fingerprint density at radius 2 is 1.61 bits per heavy atom. The van der Waals surface area contributed by atoms with Crippen LogP contribution < -0.4 is 16.0 Å². The first-order valence-electron chi connectivity index (χ1n) is 11.0. The van der Waals surface area contributed by atoms with Crippen molar-refractivity contribution in [1.82, 2.24) is 20.2 Å². The minimum Gasteiger partial charge on any atom is -0.331 e. The zero-order chi connectivity index (χ0) is 24.9. The van der Waals surface area contributed by atoms with Gasteiger partial charge in [0.15, 0.2) is 10.9 Å². The van der Waals surface area contributed by atoms with Gasteiger partial charge in [0, 0.05) is 15.7 Å². The quantitative estimate of drug-likeness (QED) is 0.182. The standard InChI is InChI=1S/C26H20BrN7S2/c1-16-15-22(24-18(27)13-14-36-24)30-25(28-16)29-20-9-5-6-10-21(20)31-26(35)32-23-12-11-19(33-34-23)17-7-3-2-4-8-17/h2-15H,1H3,(H,28,29,30)(H2,31,32,34,35). The van der Waals surface area contributed by atoms with Gasteiger partial charge in [-0.15, -0.1) is 21.5 Å². The molecule has 2 aromatic carbocycles. The first kappa shape index (κ1) is 24.0. The van der Waals surface area contributed by atoms with E-state index < -0.39 is 0 Å². The summed E-state index contributed by atoms with van der Waals surface area (Å²) in [6, 6.07) is 25.3. The van der Waals surface area contributed by atoms with Gasteiger partial charge in [-0.1, -0.05) is 42.5 Å². The number of halogens is 1. The number of benzene rings is 2. The lowest BCUT2D eigenvalue weighted by Crippen LogP contribution is -2.20. The smallest absolute Gasteiger partial charge is 0.228 e. The van der Waals surface area contributed by atoms with E-state index in [4.69, 9.17) is 17.2 Å². The van der Waals surface area contributed by atoms with Crippen molar-refractivity contribution in [3.63, 3.8) is 0 Å². The highest BCUT2D eigenvalue weighted by Crippen LogP contribution is 2.33. The third kappa shape index (κ3) is 5.73. The van der Waals surface area contributed by atoms with E-state index in [2.05, 4.69) is 47.1 Å². The van der Waals surface area contributed by atoms with E-state index in [1.165, 1.54) is 0 Å². The first-order chi connectivity index (χ1) is 17.5. The Hall–Kier alpha value is -3.73. The van der Waals surface area contributed by atoms with Gasteiger partial charge in [-0.05, 0) is 76.8 Å². The number of aromatic nitrogens is 4. The molecule has 0 fully saturated rings. The summed E-state index contributed by atoms with van der Waals surface area (Å²) in [7, 11) is 0. The van der Waals surface area contributed by atoms with E-state index in [1.54, 1.807) is 11.3 Å². The molecule has 3 N–H and O–H groups in total. The van der Waals surface area contributed by atoms with Crippen molar-refractivity contribution in [2.24, 2.45) is 0 Å². The molecule has 0 spiro atoms. The molecule has 0 amide bonds. The second-order valence-corrected chi connectivity index (χ2v) is 9.91. The van der Waals surface area contributed by atoms with Crippen LogP contribution in [0.5, 0.6) is 0 Å². The fraction of sp³-hybridized carbons (Fsp3) is 0.0385. The highest BCUT2D eigenvalue weighted by atomic mass is 79.9. The molecule has 7 nitrogen and oxygen atoms in total. The molecule has 0 aliphatic heterocycles. The van der Waals surface area contributed by atoms with Gasteiger partial charge in [0.25, 0.3) is 0 Å². The van der Waals surface area contributed by atoms with Gasteiger partial charge in [-0.2, -0.15) is 0 Å². The van der Waals surface area contributed by atoms with Gasteiger partial charge in [0.2, 0.25) is 5.95 Å². The molecule has 0 unspecified atom stereocenters. The van der Waals surface area contributed by atoms with Crippen LogP contribution in [0.1, 0.15) is 5.69 Å². The molecule has 0 atom stereocenters. The number of thiophene rings is 1. The third-order valence-corrected chi connectivity index (χ3v) is 7.17. The van der Waals surface area contributed by atoms with E-state index in [0.29, 0.717) is 16.9 Å². The predicted molar refractivity (Wildman–Crippen MR) is 155 cm³/mol. The van der Waals surface area contributed by atoms with E-state index in [-0.39, 0.29) is 0 Å². The largest absolute Gasteiger partial charge is 0.331 e. The lowest BCUT2D eigenvalue weighted by molar-refractivity contribution is 1.05. The lowest BCUT2D eigenvalue weighted by atomic mass is 10.1. The molecule has 0 aliphatic carbocycles. The van der Waals surface area contributed by atoms with E-state index in [0.717, 1.165) is 43.4 Å². The minimum absolute atomic E-state index is 0.388. The number of para-hydroxylation sites is 2. The number of hydrogen-bond acceptors (Lipinski definition) is 7. The van der Waals surface area contributed by atoms with Crippen molar-refractivity contribution < 1.29 is 0 Å². The number of aryl methyl sites for hydroxylation is 1. The summed E-state index contributed by atoms with van der Waals surface area (Å²) < 4.78 is 1.01. The van der Waals surface area contributed by atoms with Gasteiger partial charge in [0.1, 0.15) is 0 Å². The van der Waals surface area contributed by atoms with Crippen LogP contribution in [0.3, 0.4) is 0 Å². The Morgan fingerprint density at radius 3 is 2.33 bits per heavy atom. The van der Waals surface area contributed by atoms with Crippen LogP contribution in [-0.4, -0.2) is 25.3 Å². The second kappa shape index (κ2) is 10.9. The average Bonchev–Trinajstić information content (AvgIpc) is 3.32. The summed E-state index contributed by atoms with van der Waals surface area (Å²) in [5.41, 5.74) is 5.07. The van der Waals surface area contributed by atoms with Crippen LogP contribution in [0, 0.1) is 6.92 Å². The van der Waals surface area contributed by atoms with Gasteiger partial charge in [0.05, 0.1) is 27.6 Å². The Balaban J connectivity index is 1.30. The zero-order valence-electron chi connectivity index (χ0n) is 19.1. The van der Waals surface area contributed by atoms with Crippen LogP contribution in [0.25, 0.3) is 21.8 Å². The van der Waals surface area contributed by atoms with Crippen molar-refractivity contribution in [3.05, 3.63) is 94.4 Å². The predicted octanol–water partition coefficient (Wildman–Crippen LogP) is 7.29. The topological polar surface area (TPSA) is 87.7 Å². The molecule has 178 valence electrons. The lowest BCUT2D eigenvalue weighted by Gasteiger charge is -2.15. The summed E-state index contributed by atoms with van der Waals surface area (Å²) in [5.74, 6) is 1.05. The highest BCUT2D eigenvalue weighted by Gasteiger charge is 2.12. The fourth-order valence-electron chi connectivity index (χ4n) is 3.47. The zero-order valence-corrected chi connectivity index (χ0v) is 22.3. The van der Waals surface area contributed by atoms with Gasteiger partial charge in [-0.25, -0.2) is 9.97 Å². The van der Waals surface area contributed by atoms with Crippen LogP contribution >= 0.6 is 39.5 Å². The Labute approximate surface area is 226 Å². The molecule has 5 aromatic rings. The van der Waals surface area contributed by atoms with Crippen LogP contribution in [0.2, 0.25) is 0 Å². The maximum absolute atomic E-state index is 5.53. The van der Waals surface area contributed by atoms with Crippen molar-refractivity contribution in [3.8, 4) is 21.8 Å². The molecule has 36 heavy (non-hydrogen) atoms. The van der Waals surface area contributed by atoms with Crippen molar-refractivity contribution in [2.75, 3.05) is 16.0 Å². The van der Waals surface area contributed by atoms with E-state index in [1.807, 2.05) is 91.2 Å². The summed E-state index contributed by atoms with van der Waals surface area (Å²) in [5, 5.41) is 20.6. The molecular formula is C26H20BrN7S2. The third-order valence-electron chi connectivity index (χ3n) is 5.10. The molecule has 3 heterocycles. The van der Waals surface area contributed by atoms with Gasteiger partial charge in [-0.3, -0.25) is 0 Å². The van der Waals surface area contributed by atoms with Crippen molar-refractivity contribution >= 4 is 67.7 Å². The number of nitrogens with zero attached hydrogens (tertiary/aromatic N) is 4. The van der Waals surface area contributed by atoms with Crippen LogP contribution in [0.4, 0.5) is 23.1 Å². The molecule has 0 aliphatic rings. The second-order valence-electron chi connectivity index (χ2n) is 7.74. The number of thiocarbonyl (C=S) groups is 1. The van der Waals surface area contributed by atoms with Crippen molar-refractivity contribution in [1.29, 1.82) is 0 Å². The van der Waals surface area contributed by atoms with Crippen molar-refractivity contribution in [2.45, 2.75) is 6.92 Å². The summed E-state index contributed by atoms with van der Waals surface area (Å²) in [6.45, 7) is 1.95. The average molecular weight is 575 g/mol. The van der Waals surface area contributed by atoms with Gasteiger partial charge < -0.3 is 16.0 Å². The normalized spacial score (nSPS) is 10.6. The first-order valence-corrected chi connectivity index (χ1v) is 13.1. The summed E-state index contributed by atoms with van der Waals surface area (Å²) >= 11 is 10.7. The Bertz CT molecular complexity index is 1500. The molecular weight excluding hydrogens is 554 g/mol.